The molecule has 0 spiro atoms. The number of carbonyl (C=O) groups is 1. The van der Waals surface area contributed by atoms with E-state index in [4.69, 9.17) is 4.74 Å². The standard InChI is InChI=1S/C18H23N3O3/c1-2-24-16-12-21(14-6-4-3-5-7-14)20-17(16)18(23)19-15(10-11-22)13-8-9-13/h3-7,12-13,15,22H,2,8-11H2,1H3,(H,19,23). The minimum Gasteiger partial charge on any atom is -0.490 e. The molecule has 3 rings (SSSR count). The summed E-state index contributed by atoms with van der Waals surface area (Å²) < 4.78 is 7.24. The van der Waals surface area contributed by atoms with Crippen LogP contribution in [0.4, 0.5) is 0 Å². The first-order valence-electron chi connectivity index (χ1n) is 8.42. The number of carbonyl (C=O) groups excluding carboxylic acids is 1. The summed E-state index contributed by atoms with van der Waals surface area (Å²) in [6.07, 6.45) is 4.50. The molecule has 1 heterocycles. The van der Waals surface area contributed by atoms with Gasteiger partial charge in [0.05, 0.1) is 18.5 Å². The van der Waals surface area contributed by atoms with Crippen molar-refractivity contribution in [2.75, 3.05) is 13.2 Å². The van der Waals surface area contributed by atoms with Crippen molar-refractivity contribution in [3.05, 3.63) is 42.2 Å². The van der Waals surface area contributed by atoms with Crippen LogP contribution in [-0.2, 0) is 0 Å². The number of hydrogen-bond acceptors (Lipinski definition) is 4. The van der Waals surface area contributed by atoms with Crippen LogP contribution in [0.15, 0.2) is 36.5 Å². The molecule has 1 atom stereocenters. The molecular formula is C18H23N3O3. The minimum absolute atomic E-state index is 0.00106. The molecule has 0 saturated heterocycles. The highest BCUT2D eigenvalue weighted by Gasteiger charge is 2.33. The molecule has 1 aliphatic carbocycles. The predicted octanol–water partition coefficient (Wildman–Crippen LogP) is 2.16. The Morgan fingerprint density at radius 2 is 2.17 bits per heavy atom. The van der Waals surface area contributed by atoms with Gasteiger partial charge in [-0.15, -0.1) is 0 Å². The number of rotatable bonds is 8. The average Bonchev–Trinajstić information content (AvgIpc) is 3.36. The molecule has 1 amide bonds. The Kier molecular flexibility index (Phi) is 5.15. The van der Waals surface area contributed by atoms with Gasteiger partial charge in [-0.05, 0) is 44.2 Å². The molecule has 2 N–H and O–H groups in total. The van der Waals surface area contributed by atoms with E-state index in [2.05, 4.69) is 10.4 Å². The van der Waals surface area contributed by atoms with Crippen molar-refractivity contribution in [1.82, 2.24) is 15.1 Å². The van der Waals surface area contributed by atoms with Crippen LogP contribution >= 0.6 is 0 Å². The number of hydrogen-bond donors (Lipinski definition) is 2. The van der Waals surface area contributed by atoms with Crippen molar-refractivity contribution in [3.63, 3.8) is 0 Å². The number of aromatic nitrogens is 2. The zero-order valence-corrected chi connectivity index (χ0v) is 13.8. The van der Waals surface area contributed by atoms with Crippen LogP contribution < -0.4 is 10.1 Å². The number of nitrogens with zero attached hydrogens (tertiary/aromatic N) is 2. The molecule has 0 radical (unpaired) electrons. The summed E-state index contributed by atoms with van der Waals surface area (Å²) in [5.74, 6) is 0.684. The zero-order valence-electron chi connectivity index (χ0n) is 13.8. The normalized spacial score (nSPS) is 15.1. The number of para-hydroxylation sites is 1. The van der Waals surface area contributed by atoms with E-state index in [1.54, 1.807) is 10.9 Å². The van der Waals surface area contributed by atoms with Crippen LogP contribution in [0.2, 0.25) is 0 Å². The van der Waals surface area contributed by atoms with E-state index in [-0.39, 0.29) is 24.2 Å². The highest BCUT2D eigenvalue weighted by Crippen LogP contribution is 2.34. The number of benzene rings is 1. The fraction of sp³-hybridized carbons (Fsp3) is 0.444. The van der Waals surface area contributed by atoms with E-state index < -0.39 is 0 Å². The summed E-state index contributed by atoms with van der Waals surface area (Å²) in [5.41, 5.74) is 1.15. The van der Waals surface area contributed by atoms with Gasteiger partial charge in [0.15, 0.2) is 11.4 Å². The van der Waals surface area contributed by atoms with E-state index in [0.29, 0.717) is 24.7 Å². The first kappa shape index (κ1) is 16.5. The first-order valence-corrected chi connectivity index (χ1v) is 8.42. The quantitative estimate of drug-likeness (QED) is 0.778. The van der Waals surface area contributed by atoms with Gasteiger partial charge in [0, 0.05) is 12.6 Å². The highest BCUT2D eigenvalue weighted by atomic mass is 16.5. The van der Waals surface area contributed by atoms with Gasteiger partial charge in [-0.2, -0.15) is 5.10 Å². The second kappa shape index (κ2) is 7.49. The van der Waals surface area contributed by atoms with Crippen LogP contribution in [0.1, 0.15) is 36.7 Å². The first-order chi connectivity index (χ1) is 11.7. The Morgan fingerprint density at radius 3 is 2.79 bits per heavy atom. The predicted molar refractivity (Wildman–Crippen MR) is 90.4 cm³/mol. The van der Waals surface area contributed by atoms with Crippen LogP contribution in [-0.4, -0.2) is 40.0 Å². The smallest absolute Gasteiger partial charge is 0.275 e. The Balaban J connectivity index is 1.82. The van der Waals surface area contributed by atoms with E-state index in [9.17, 15) is 9.90 Å². The zero-order chi connectivity index (χ0) is 16.9. The molecule has 1 saturated carbocycles. The van der Waals surface area contributed by atoms with Crippen molar-refractivity contribution >= 4 is 5.91 Å². The minimum atomic E-state index is -0.251. The molecule has 6 nitrogen and oxygen atoms in total. The summed E-state index contributed by atoms with van der Waals surface area (Å²) in [5, 5.41) is 16.6. The monoisotopic (exact) mass is 329 g/mol. The third-order valence-corrected chi connectivity index (χ3v) is 4.16. The molecule has 0 aliphatic heterocycles. The maximum absolute atomic E-state index is 12.7. The van der Waals surface area contributed by atoms with Gasteiger partial charge in [0.2, 0.25) is 0 Å². The van der Waals surface area contributed by atoms with Gasteiger partial charge >= 0.3 is 0 Å². The summed E-state index contributed by atoms with van der Waals surface area (Å²) in [7, 11) is 0. The lowest BCUT2D eigenvalue weighted by atomic mass is 10.1. The van der Waals surface area contributed by atoms with E-state index >= 15 is 0 Å². The summed E-state index contributed by atoms with van der Waals surface area (Å²) in [6, 6.07) is 9.60. The van der Waals surface area contributed by atoms with Crippen LogP contribution in [0.25, 0.3) is 5.69 Å². The number of amides is 1. The highest BCUT2D eigenvalue weighted by molar-refractivity contribution is 5.95. The van der Waals surface area contributed by atoms with E-state index in [0.717, 1.165) is 18.5 Å². The van der Waals surface area contributed by atoms with Crippen LogP contribution in [0.3, 0.4) is 0 Å². The second-order valence-electron chi connectivity index (χ2n) is 5.98. The summed E-state index contributed by atoms with van der Waals surface area (Å²) >= 11 is 0. The van der Waals surface area contributed by atoms with Gasteiger partial charge in [-0.25, -0.2) is 4.68 Å². The number of nitrogens with one attached hydrogen (secondary N) is 1. The van der Waals surface area contributed by atoms with Crippen LogP contribution in [0, 0.1) is 5.92 Å². The largest absolute Gasteiger partial charge is 0.490 e. The van der Waals surface area contributed by atoms with Gasteiger partial charge in [-0.1, -0.05) is 18.2 Å². The molecule has 128 valence electrons. The fourth-order valence-corrected chi connectivity index (χ4v) is 2.79. The molecule has 6 heteroatoms. The number of aliphatic hydroxyl groups excluding tert-OH is 1. The van der Waals surface area contributed by atoms with Crippen molar-refractivity contribution in [2.24, 2.45) is 5.92 Å². The number of ether oxygens (including phenoxy) is 1. The van der Waals surface area contributed by atoms with Gasteiger partial charge in [-0.3, -0.25) is 4.79 Å². The lowest BCUT2D eigenvalue weighted by Gasteiger charge is -2.16. The lowest BCUT2D eigenvalue weighted by molar-refractivity contribution is 0.0915. The maximum atomic E-state index is 12.7. The van der Waals surface area contributed by atoms with Crippen LogP contribution in [0.5, 0.6) is 5.75 Å². The third-order valence-electron chi connectivity index (χ3n) is 4.16. The summed E-state index contributed by atoms with van der Waals surface area (Å²) in [4.78, 5) is 12.7. The topological polar surface area (TPSA) is 76.4 Å². The van der Waals surface area contributed by atoms with E-state index in [1.807, 2.05) is 37.3 Å². The van der Waals surface area contributed by atoms with Gasteiger partial charge < -0.3 is 15.2 Å². The maximum Gasteiger partial charge on any atom is 0.275 e. The van der Waals surface area contributed by atoms with E-state index in [1.165, 1.54) is 0 Å². The Labute approximate surface area is 141 Å². The van der Waals surface area contributed by atoms with Crippen molar-refractivity contribution < 1.29 is 14.6 Å². The Hall–Kier alpha value is -2.34. The second-order valence-corrected chi connectivity index (χ2v) is 5.98. The van der Waals surface area contributed by atoms with Crippen molar-refractivity contribution in [1.29, 1.82) is 0 Å². The Bertz CT molecular complexity index is 680. The third kappa shape index (κ3) is 3.76. The molecule has 1 unspecified atom stereocenters. The molecular weight excluding hydrogens is 306 g/mol. The molecule has 2 aromatic rings. The molecule has 24 heavy (non-hydrogen) atoms. The molecule has 1 aliphatic rings. The molecule has 1 aromatic carbocycles. The average molecular weight is 329 g/mol. The lowest BCUT2D eigenvalue weighted by Crippen LogP contribution is -2.37. The Morgan fingerprint density at radius 1 is 1.42 bits per heavy atom. The molecule has 1 fully saturated rings. The number of aliphatic hydroxyl groups is 1. The van der Waals surface area contributed by atoms with Crippen molar-refractivity contribution in [3.8, 4) is 11.4 Å². The molecule has 0 bridgehead atoms. The van der Waals surface area contributed by atoms with Gasteiger partial charge in [0.25, 0.3) is 5.91 Å². The van der Waals surface area contributed by atoms with Crippen molar-refractivity contribution in [2.45, 2.75) is 32.2 Å². The SMILES string of the molecule is CCOc1cn(-c2ccccc2)nc1C(=O)NC(CCO)C1CC1. The van der Waals surface area contributed by atoms with Gasteiger partial charge in [0.1, 0.15) is 0 Å². The summed E-state index contributed by atoms with van der Waals surface area (Å²) in [6.45, 7) is 2.40. The fourth-order valence-electron chi connectivity index (χ4n) is 2.79. The molecule has 1 aromatic heterocycles.